The Bertz CT molecular complexity index is 781. The van der Waals surface area contributed by atoms with Crippen LogP contribution < -0.4 is 4.90 Å². The number of thiazole rings is 1. The molecule has 1 unspecified atom stereocenters. The molecular formula is C18H18N3S+. The summed E-state index contributed by atoms with van der Waals surface area (Å²) >= 11 is 1.78. The Hall–Kier alpha value is -2.22. The SMILES string of the molecule is C[C@@H](c1nc2ccccc2s1)[NH+](C)Cc1ccc(C#N)cc1. The minimum atomic E-state index is 0.341. The van der Waals surface area contributed by atoms with Crippen LogP contribution in [0.25, 0.3) is 10.2 Å². The van der Waals surface area contributed by atoms with Gasteiger partial charge in [-0.1, -0.05) is 24.3 Å². The van der Waals surface area contributed by atoms with Crippen LogP contribution in [0.2, 0.25) is 0 Å². The van der Waals surface area contributed by atoms with Gasteiger partial charge in [-0.2, -0.15) is 5.26 Å². The van der Waals surface area contributed by atoms with Gasteiger partial charge < -0.3 is 4.90 Å². The highest BCUT2D eigenvalue weighted by molar-refractivity contribution is 7.18. The second-order valence-corrected chi connectivity index (χ2v) is 6.64. The van der Waals surface area contributed by atoms with Crippen molar-refractivity contribution < 1.29 is 4.90 Å². The van der Waals surface area contributed by atoms with E-state index in [1.54, 1.807) is 11.3 Å². The molecule has 22 heavy (non-hydrogen) atoms. The highest BCUT2D eigenvalue weighted by Crippen LogP contribution is 2.24. The smallest absolute Gasteiger partial charge is 0.151 e. The average molecular weight is 308 g/mol. The van der Waals surface area contributed by atoms with Crippen LogP contribution in [0.5, 0.6) is 0 Å². The fraction of sp³-hybridized carbons (Fsp3) is 0.222. The number of nitrogens with zero attached hydrogens (tertiary/aromatic N) is 2. The summed E-state index contributed by atoms with van der Waals surface area (Å²) < 4.78 is 1.25. The van der Waals surface area contributed by atoms with Crippen molar-refractivity contribution in [1.29, 1.82) is 5.26 Å². The van der Waals surface area contributed by atoms with E-state index in [0.29, 0.717) is 11.6 Å². The predicted octanol–water partition coefficient (Wildman–Crippen LogP) is 2.94. The third kappa shape index (κ3) is 3.01. The highest BCUT2D eigenvalue weighted by atomic mass is 32.1. The Morgan fingerprint density at radius 2 is 1.91 bits per heavy atom. The summed E-state index contributed by atoms with van der Waals surface area (Å²) in [6, 6.07) is 18.6. The average Bonchev–Trinajstić information content (AvgIpc) is 2.98. The van der Waals surface area contributed by atoms with E-state index in [-0.39, 0.29) is 0 Å². The summed E-state index contributed by atoms with van der Waals surface area (Å²) in [6.45, 7) is 3.14. The molecule has 4 heteroatoms. The van der Waals surface area contributed by atoms with Crippen molar-refractivity contribution in [1.82, 2.24) is 4.98 Å². The standard InChI is InChI=1S/C18H17N3S/c1-13(18-20-16-5-3-4-6-17(16)22-18)21(2)12-15-9-7-14(11-19)8-10-15/h3-10,13H,12H2,1-2H3/p+1/t13-/m0/s1. The molecule has 0 spiro atoms. The Morgan fingerprint density at radius 1 is 1.18 bits per heavy atom. The molecule has 2 aromatic carbocycles. The van der Waals surface area contributed by atoms with Gasteiger partial charge in [0, 0.05) is 5.56 Å². The number of nitrogens with one attached hydrogen (secondary N) is 1. The zero-order valence-electron chi connectivity index (χ0n) is 12.7. The van der Waals surface area contributed by atoms with E-state index < -0.39 is 0 Å². The molecule has 0 saturated carbocycles. The lowest BCUT2D eigenvalue weighted by Gasteiger charge is -2.20. The lowest BCUT2D eigenvalue weighted by molar-refractivity contribution is -0.923. The normalized spacial score (nSPS) is 13.7. The van der Waals surface area contributed by atoms with Crippen molar-refractivity contribution >= 4 is 21.6 Å². The van der Waals surface area contributed by atoms with Crippen molar-refractivity contribution in [2.75, 3.05) is 7.05 Å². The van der Waals surface area contributed by atoms with E-state index in [0.717, 1.165) is 12.1 Å². The van der Waals surface area contributed by atoms with Crippen LogP contribution >= 0.6 is 11.3 Å². The van der Waals surface area contributed by atoms with Gasteiger partial charge in [0.05, 0.1) is 28.9 Å². The molecule has 0 aliphatic heterocycles. The van der Waals surface area contributed by atoms with Crippen LogP contribution in [0.15, 0.2) is 48.5 Å². The molecule has 0 amide bonds. The number of para-hydroxylation sites is 1. The number of quaternary nitrogens is 1. The topological polar surface area (TPSA) is 41.1 Å². The molecule has 0 aliphatic carbocycles. The third-order valence-electron chi connectivity index (χ3n) is 3.99. The first-order chi connectivity index (χ1) is 10.7. The lowest BCUT2D eigenvalue weighted by Crippen LogP contribution is -3.07. The number of fused-ring (bicyclic) bond motifs is 1. The van der Waals surface area contributed by atoms with Gasteiger partial charge in [0.25, 0.3) is 0 Å². The molecule has 3 rings (SSSR count). The Morgan fingerprint density at radius 3 is 2.59 bits per heavy atom. The molecule has 1 N–H and O–H groups in total. The van der Waals surface area contributed by atoms with E-state index in [4.69, 9.17) is 10.2 Å². The van der Waals surface area contributed by atoms with Gasteiger partial charge >= 0.3 is 0 Å². The van der Waals surface area contributed by atoms with Crippen LogP contribution in [0.1, 0.15) is 29.1 Å². The van der Waals surface area contributed by atoms with Gasteiger partial charge in [0.1, 0.15) is 12.6 Å². The summed E-state index contributed by atoms with van der Waals surface area (Å²) in [7, 11) is 2.19. The van der Waals surface area contributed by atoms with Crippen molar-refractivity contribution in [3.05, 3.63) is 64.7 Å². The Balaban J connectivity index is 1.75. The molecule has 0 bridgehead atoms. The maximum Gasteiger partial charge on any atom is 0.151 e. The van der Waals surface area contributed by atoms with Crippen LogP contribution in [0.3, 0.4) is 0 Å². The number of aromatic nitrogens is 1. The number of nitriles is 1. The Kier molecular flexibility index (Phi) is 4.19. The van der Waals surface area contributed by atoms with Gasteiger partial charge in [-0.3, -0.25) is 0 Å². The highest BCUT2D eigenvalue weighted by Gasteiger charge is 2.19. The van der Waals surface area contributed by atoms with Crippen LogP contribution in [0, 0.1) is 11.3 Å². The van der Waals surface area contributed by atoms with E-state index in [1.807, 2.05) is 30.3 Å². The molecule has 2 atom stereocenters. The first-order valence-corrected chi connectivity index (χ1v) is 8.16. The van der Waals surface area contributed by atoms with Crippen molar-refractivity contribution in [2.24, 2.45) is 0 Å². The van der Waals surface area contributed by atoms with E-state index in [1.165, 1.54) is 20.2 Å². The summed E-state index contributed by atoms with van der Waals surface area (Å²) in [4.78, 5) is 6.15. The maximum atomic E-state index is 8.85. The molecule has 0 saturated heterocycles. The quantitative estimate of drug-likeness (QED) is 0.805. The summed E-state index contributed by atoms with van der Waals surface area (Å²) in [5, 5.41) is 10.0. The van der Waals surface area contributed by atoms with Crippen molar-refractivity contribution in [3.63, 3.8) is 0 Å². The number of hydrogen-bond donors (Lipinski definition) is 1. The van der Waals surface area contributed by atoms with Gasteiger partial charge in [0.15, 0.2) is 5.01 Å². The minimum Gasteiger partial charge on any atom is -0.326 e. The molecule has 0 aliphatic rings. The number of benzene rings is 2. The van der Waals surface area contributed by atoms with Gasteiger partial charge in [0.2, 0.25) is 0 Å². The zero-order valence-corrected chi connectivity index (χ0v) is 13.5. The number of hydrogen-bond acceptors (Lipinski definition) is 3. The van der Waals surface area contributed by atoms with Crippen LogP contribution in [-0.2, 0) is 6.54 Å². The molecule has 1 aromatic heterocycles. The molecule has 0 fully saturated rings. The lowest BCUT2D eigenvalue weighted by atomic mass is 10.1. The third-order valence-corrected chi connectivity index (χ3v) is 5.21. The first-order valence-electron chi connectivity index (χ1n) is 7.34. The van der Waals surface area contributed by atoms with E-state index in [9.17, 15) is 0 Å². The molecule has 1 heterocycles. The van der Waals surface area contributed by atoms with Crippen molar-refractivity contribution in [3.8, 4) is 6.07 Å². The fourth-order valence-corrected chi connectivity index (χ4v) is 3.57. The second-order valence-electron chi connectivity index (χ2n) is 5.57. The first kappa shape index (κ1) is 14.7. The van der Waals surface area contributed by atoms with E-state index in [2.05, 4.69) is 38.2 Å². The summed E-state index contributed by atoms with van der Waals surface area (Å²) in [6.07, 6.45) is 0. The molecular weight excluding hydrogens is 290 g/mol. The molecule has 0 radical (unpaired) electrons. The van der Waals surface area contributed by atoms with Gasteiger partial charge in [-0.15, -0.1) is 11.3 Å². The van der Waals surface area contributed by atoms with E-state index >= 15 is 0 Å². The van der Waals surface area contributed by atoms with Gasteiger partial charge in [-0.25, -0.2) is 4.98 Å². The largest absolute Gasteiger partial charge is 0.326 e. The maximum absolute atomic E-state index is 8.85. The van der Waals surface area contributed by atoms with Crippen LogP contribution in [0.4, 0.5) is 0 Å². The predicted molar refractivity (Wildman–Crippen MR) is 89.8 cm³/mol. The second kappa shape index (κ2) is 6.27. The van der Waals surface area contributed by atoms with Crippen molar-refractivity contribution in [2.45, 2.75) is 19.5 Å². The monoisotopic (exact) mass is 308 g/mol. The molecule has 3 aromatic rings. The zero-order chi connectivity index (χ0) is 15.5. The summed E-state index contributed by atoms with van der Waals surface area (Å²) in [5.41, 5.74) is 3.03. The fourth-order valence-electron chi connectivity index (χ4n) is 2.46. The summed E-state index contributed by atoms with van der Waals surface area (Å²) in [5.74, 6) is 0. The van der Waals surface area contributed by atoms with Gasteiger partial charge in [-0.05, 0) is 31.2 Å². The Labute approximate surface area is 134 Å². The number of rotatable bonds is 4. The minimum absolute atomic E-state index is 0.341. The van der Waals surface area contributed by atoms with Crippen LogP contribution in [-0.4, -0.2) is 12.0 Å². The molecule has 3 nitrogen and oxygen atoms in total. The molecule has 110 valence electrons.